The van der Waals surface area contributed by atoms with Crippen LogP contribution in [-0.4, -0.2) is 33.1 Å². The second-order valence-corrected chi connectivity index (χ2v) is 9.22. The number of carbonyl (C=O) groups is 1. The van der Waals surface area contributed by atoms with E-state index in [1.54, 1.807) is 7.11 Å². The zero-order valence-corrected chi connectivity index (χ0v) is 20.2. The average molecular weight is 488 g/mol. The monoisotopic (exact) mass is 487 g/mol. The molecular formula is C26H25N5O3S. The summed E-state index contributed by atoms with van der Waals surface area (Å²) in [5.41, 5.74) is 6.30. The summed E-state index contributed by atoms with van der Waals surface area (Å²) in [6, 6.07) is 24.7. The number of thioether (sulfide) groups is 1. The second-order valence-electron chi connectivity index (χ2n) is 8.11. The molecule has 2 heterocycles. The Kier molecular flexibility index (Phi) is 6.58. The van der Waals surface area contributed by atoms with Crippen molar-refractivity contribution in [3.8, 4) is 11.5 Å². The van der Waals surface area contributed by atoms with Crippen molar-refractivity contribution in [3.05, 3.63) is 95.8 Å². The lowest BCUT2D eigenvalue weighted by atomic mass is 10.0. The topological polar surface area (TPSA) is 90.3 Å². The van der Waals surface area contributed by atoms with Gasteiger partial charge in [0.15, 0.2) is 5.82 Å². The molecule has 0 fully saturated rings. The predicted molar refractivity (Wildman–Crippen MR) is 135 cm³/mol. The molecule has 8 nitrogen and oxygen atoms in total. The summed E-state index contributed by atoms with van der Waals surface area (Å²) in [5, 5.41) is 11.8. The van der Waals surface area contributed by atoms with Crippen molar-refractivity contribution in [2.75, 3.05) is 17.9 Å². The van der Waals surface area contributed by atoms with Crippen LogP contribution in [0.25, 0.3) is 0 Å². The number of rotatable bonds is 7. The van der Waals surface area contributed by atoms with E-state index in [1.807, 2.05) is 90.5 Å². The van der Waals surface area contributed by atoms with Crippen molar-refractivity contribution in [1.29, 1.82) is 0 Å². The van der Waals surface area contributed by atoms with Crippen LogP contribution < -0.4 is 20.2 Å². The maximum Gasteiger partial charge on any atom is 0.240 e. The number of aryl methyl sites for hydroxylation is 1. The Hall–Kier alpha value is -3.98. The molecule has 9 heteroatoms. The van der Waals surface area contributed by atoms with Gasteiger partial charge in [-0.3, -0.25) is 4.79 Å². The number of para-hydroxylation sites is 1. The van der Waals surface area contributed by atoms with Crippen molar-refractivity contribution < 1.29 is 14.3 Å². The molecule has 0 saturated heterocycles. The summed E-state index contributed by atoms with van der Waals surface area (Å²) < 4.78 is 12.9. The third-order valence-corrected chi connectivity index (χ3v) is 6.88. The molecule has 1 aliphatic rings. The van der Waals surface area contributed by atoms with E-state index in [1.165, 1.54) is 11.8 Å². The highest BCUT2D eigenvalue weighted by Crippen LogP contribution is 2.38. The molecule has 0 bridgehead atoms. The van der Waals surface area contributed by atoms with Crippen LogP contribution in [0.4, 0.5) is 5.69 Å². The number of aromatic nitrogens is 3. The number of amides is 1. The van der Waals surface area contributed by atoms with Crippen molar-refractivity contribution in [1.82, 2.24) is 14.9 Å². The molecule has 178 valence electrons. The number of ether oxygens (including phenoxy) is 2. The van der Waals surface area contributed by atoms with Gasteiger partial charge in [-0.15, -0.1) is 10.2 Å². The predicted octanol–water partition coefficient (Wildman–Crippen LogP) is 4.57. The molecule has 3 aromatic carbocycles. The lowest BCUT2D eigenvalue weighted by Crippen LogP contribution is -2.41. The lowest BCUT2D eigenvalue weighted by molar-refractivity contribution is -0.116. The molecule has 5 rings (SSSR count). The number of carbonyl (C=O) groups excluding carboxylic acids is 1. The highest BCUT2D eigenvalue weighted by Gasteiger charge is 2.38. The molecule has 1 aromatic heterocycles. The van der Waals surface area contributed by atoms with E-state index in [0.29, 0.717) is 16.7 Å². The van der Waals surface area contributed by atoms with Crippen LogP contribution in [0.1, 0.15) is 23.0 Å². The third-order valence-electron chi connectivity index (χ3n) is 5.67. The number of methoxy groups -OCH3 is 1. The van der Waals surface area contributed by atoms with Crippen LogP contribution in [0.3, 0.4) is 0 Å². The normalized spacial score (nSPS) is 16.6. The van der Waals surface area contributed by atoms with Crippen LogP contribution in [0.2, 0.25) is 0 Å². The molecular weight excluding hydrogens is 462 g/mol. The van der Waals surface area contributed by atoms with Gasteiger partial charge in [-0.05, 0) is 48.9 Å². The number of benzene rings is 3. The number of hydrogen-bond donors (Lipinski definition) is 2. The van der Waals surface area contributed by atoms with Gasteiger partial charge in [-0.25, -0.2) is 4.68 Å². The fourth-order valence-corrected chi connectivity index (χ4v) is 4.87. The van der Waals surface area contributed by atoms with Gasteiger partial charge in [0.25, 0.3) is 0 Å². The number of nitrogens with zero attached hydrogens (tertiary/aromatic N) is 3. The van der Waals surface area contributed by atoms with Gasteiger partial charge < -0.3 is 20.2 Å². The fourth-order valence-electron chi connectivity index (χ4n) is 3.77. The van der Waals surface area contributed by atoms with E-state index in [-0.39, 0.29) is 18.6 Å². The Morgan fingerprint density at radius 1 is 1.00 bits per heavy atom. The van der Waals surface area contributed by atoms with E-state index < -0.39 is 5.25 Å². The Balaban J connectivity index is 1.40. The summed E-state index contributed by atoms with van der Waals surface area (Å²) in [7, 11) is 1.61. The van der Waals surface area contributed by atoms with Crippen molar-refractivity contribution >= 4 is 23.4 Å². The number of fused-ring (bicyclic) bond motifs is 1. The molecule has 0 aliphatic carbocycles. The van der Waals surface area contributed by atoms with Crippen molar-refractivity contribution in [3.63, 3.8) is 0 Å². The number of anilines is 1. The molecule has 2 N–H and O–H groups in total. The van der Waals surface area contributed by atoms with E-state index in [2.05, 4.69) is 20.9 Å². The van der Waals surface area contributed by atoms with Gasteiger partial charge in [0, 0.05) is 5.69 Å². The van der Waals surface area contributed by atoms with E-state index in [9.17, 15) is 4.79 Å². The highest BCUT2D eigenvalue weighted by molar-refractivity contribution is 8.00. The molecule has 0 radical (unpaired) electrons. The molecule has 4 aromatic rings. The Morgan fingerprint density at radius 2 is 1.74 bits per heavy atom. The zero-order valence-electron chi connectivity index (χ0n) is 19.3. The van der Waals surface area contributed by atoms with Crippen molar-refractivity contribution in [2.45, 2.75) is 30.0 Å². The Bertz CT molecular complexity index is 1290. The van der Waals surface area contributed by atoms with Gasteiger partial charge in [0.05, 0.1) is 13.2 Å². The molecule has 1 amide bonds. The average Bonchev–Trinajstić information content (AvgIpc) is 3.30. The first kappa shape index (κ1) is 22.8. The Labute approximate surface area is 207 Å². The molecule has 35 heavy (non-hydrogen) atoms. The van der Waals surface area contributed by atoms with Crippen LogP contribution in [0.5, 0.6) is 11.5 Å². The Morgan fingerprint density at radius 3 is 2.46 bits per heavy atom. The van der Waals surface area contributed by atoms with Crippen LogP contribution >= 0.6 is 11.8 Å². The molecule has 1 aliphatic heterocycles. The number of nitrogens with one attached hydrogen (secondary N) is 2. The van der Waals surface area contributed by atoms with Gasteiger partial charge in [-0.2, -0.15) is 0 Å². The van der Waals surface area contributed by atoms with Gasteiger partial charge >= 0.3 is 0 Å². The van der Waals surface area contributed by atoms with Crippen molar-refractivity contribution in [2.24, 2.45) is 0 Å². The standard InChI is InChI=1S/C26H25N5O3S/c1-17-8-10-18(11-9-17)23-24(25(32)27-19-12-14-20(33-2)15-13-19)35-26-29-28-22(31(26)30-23)16-34-21-6-4-3-5-7-21/h3-15,23-24,30H,16H2,1-2H3,(H,27,32)/t23-,24+/m1/s1. The quantitative estimate of drug-likeness (QED) is 0.395. The number of hydrogen-bond acceptors (Lipinski definition) is 7. The minimum Gasteiger partial charge on any atom is -0.497 e. The minimum atomic E-state index is -0.473. The largest absolute Gasteiger partial charge is 0.497 e. The van der Waals surface area contributed by atoms with Crippen LogP contribution in [-0.2, 0) is 11.4 Å². The van der Waals surface area contributed by atoms with Gasteiger partial charge in [0.2, 0.25) is 11.1 Å². The third kappa shape index (κ3) is 5.09. The summed E-state index contributed by atoms with van der Waals surface area (Å²) in [6.45, 7) is 2.28. The smallest absolute Gasteiger partial charge is 0.240 e. The van der Waals surface area contributed by atoms with Crippen LogP contribution in [0, 0.1) is 6.92 Å². The van der Waals surface area contributed by atoms with Gasteiger partial charge in [0.1, 0.15) is 23.4 Å². The molecule has 0 spiro atoms. The maximum atomic E-state index is 13.4. The summed E-state index contributed by atoms with van der Waals surface area (Å²) in [5.74, 6) is 1.98. The fraction of sp³-hybridized carbons (Fsp3) is 0.192. The van der Waals surface area contributed by atoms with Gasteiger partial charge in [-0.1, -0.05) is 59.8 Å². The van der Waals surface area contributed by atoms with Crippen LogP contribution in [0.15, 0.2) is 84.0 Å². The minimum absolute atomic E-state index is 0.130. The first-order valence-corrected chi connectivity index (χ1v) is 12.1. The molecule has 0 unspecified atom stereocenters. The SMILES string of the molecule is COc1ccc(NC(=O)[C@H]2Sc3nnc(COc4ccccc4)n3N[C@@H]2c2ccc(C)cc2)cc1. The summed E-state index contributed by atoms with van der Waals surface area (Å²) in [4.78, 5) is 13.4. The van der Waals surface area contributed by atoms with E-state index >= 15 is 0 Å². The summed E-state index contributed by atoms with van der Waals surface area (Å²) in [6.07, 6.45) is 0. The van der Waals surface area contributed by atoms with E-state index in [0.717, 1.165) is 22.6 Å². The lowest BCUT2D eigenvalue weighted by Gasteiger charge is -2.33. The highest BCUT2D eigenvalue weighted by atomic mass is 32.2. The molecule has 2 atom stereocenters. The molecule has 0 saturated carbocycles. The van der Waals surface area contributed by atoms with E-state index in [4.69, 9.17) is 9.47 Å². The maximum absolute atomic E-state index is 13.4. The first-order valence-electron chi connectivity index (χ1n) is 11.2. The second kappa shape index (κ2) is 10.1. The zero-order chi connectivity index (χ0) is 24.2. The summed E-state index contributed by atoms with van der Waals surface area (Å²) >= 11 is 1.38. The first-order chi connectivity index (χ1) is 17.1.